The Bertz CT molecular complexity index is 679. The molecule has 1 atom stereocenters. The van der Waals surface area contributed by atoms with Crippen molar-refractivity contribution in [3.8, 4) is 5.75 Å². The topological polar surface area (TPSA) is 9.23 Å². The van der Waals surface area contributed by atoms with Gasteiger partial charge in [-0.25, -0.2) is 0 Å². The Kier molecular flexibility index (Phi) is 14.0. The molecule has 0 spiro atoms. The maximum Gasteiger partial charge on any atom is 0.119 e. The number of rotatable bonds is 17. The number of hydrogen-bond acceptors (Lipinski definition) is 1. The molecular weight excluding hydrogens is 424 g/mol. The first-order valence-electron chi connectivity index (χ1n) is 15.7. The molecule has 1 unspecified atom stereocenters. The van der Waals surface area contributed by atoms with Gasteiger partial charge >= 0.3 is 0 Å². The fourth-order valence-corrected chi connectivity index (χ4v) is 6.35. The van der Waals surface area contributed by atoms with Crippen LogP contribution < -0.4 is 4.74 Å². The maximum absolute atomic E-state index is 5.90. The van der Waals surface area contributed by atoms with Crippen LogP contribution in [-0.4, -0.2) is 6.61 Å². The summed E-state index contributed by atoms with van der Waals surface area (Å²) < 4.78 is 5.90. The van der Waals surface area contributed by atoms with Gasteiger partial charge in [-0.15, -0.1) is 0 Å². The molecule has 198 valence electrons. The van der Waals surface area contributed by atoms with E-state index >= 15 is 0 Å². The zero-order chi connectivity index (χ0) is 24.6. The molecule has 0 radical (unpaired) electrons. The van der Waals surface area contributed by atoms with E-state index < -0.39 is 0 Å². The van der Waals surface area contributed by atoms with E-state index in [1.165, 1.54) is 134 Å². The van der Waals surface area contributed by atoms with Gasteiger partial charge in [-0.1, -0.05) is 121 Å². The number of unbranched alkanes of at least 4 members (excludes halogenated alkanes) is 6. The van der Waals surface area contributed by atoms with E-state index in [0.717, 1.165) is 30.1 Å². The lowest BCUT2D eigenvalue weighted by Crippen LogP contribution is -2.16. The van der Waals surface area contributed by atoms with E-state index in [2.05, 4.69) is 44.2 Å². The van der Waals surface area contributed by atoms with Crippen molar-refractivity contribution < 1.29 is 4.74 Å². The minimum Gasteiger partial charge on any atom is -0.494 e. The Morgan fingerprint density at radius 3 is 1.97 bits per heavy atom. The molecule has 1 heteroatoms. The number of hydrogen-bond donors (Lipinski definition) is 0. The number of aryl methyl sites for hydroxylation is 1. The van der Waals surface area contributed by atoms with Crippen molar-refractivity contribution >= 4 is 0 Å². The molecule has 1 fully saturated rings. The summed E-state index contributed by atoms with van der Waals surface area (Å²) in [5, 5.41) is 0. The molecule has 0 aliphatic heterocycles. The first-order valence-corrected chi connectivity index (χ1v) is 15.7. The fraction of sp³-hybridized carbons (Fsp3) is 0.765. The summed E-state index contributed by atoms with van der Waals surface area (Å²) in [6, 6.07) is 8.88. The predicted octanol–water partition coefficient (Wildman–Crippen LogP) is 10.9. The molecule has 2 aliphatic carbocycles. The highest BCUT2D eigenvalue weighted by Gasteiger charge is 2.22. The van der Waals surface area contributed by atoms with Gasteiger partial charge in [0.2, 0.25) is 0 Å². The second kappa shape index (κ2) is 17.3. The number of ether oxygens (including phenoxy) is 1. The average Bonchev–Trinajstić information content (AvgIpc) is 2.90. The number of benzene rings is 1. The van der Waals surface area contributed by atoms with E-state index in [1.807, 2.05) is 0 Å². The third-order valence-electron chi connectivity index (χ3n) is 8.95. The lowest BCUT2D eigenvalue weighted by molar-refractivity contribution is 0.234. The van der Waals surface area contributed by atoms with Crippen molar-refractivity contribution in [2.45, 2.75) is 142 Å². The molecule has 2 aliphatic rings. The highest BCUT2D eigenvalue weighted by Crippen LogP contribution is 2.37. The van der Waals surface area contributed by atoms with Gasteiger partial charge in [0.1, 0.15) is 5.75 Å². The lowest BCUT2D eigenvalue weighted by Gasteiger charge is -2.30. The van der Waals surface area contributed by atoms with Crippen LogP contribution in [0.3, 0.4) is 0 Å². The first kappa shape index (κ1) is 28.3. The smallest absolute Gasteiger partial charge is 0.119 e. The van der Waals surface area contributed by atoms with Crippen molar-refractivity contribution in [2.75, 3.05) is 6.61 Å². The van der Waals surface area contributed by atoms with Crippen molar-refractivity contribution in [1.82, 2.24) is 0 Å². The van der Waals surface area contributed by atoms with Crippen molar-refractivity contribution in [3.05, 3.63) is 41.5 Å². The SMILES string of the molecule is CCCCCCOc1ccc(CCC2=CCC(CC[C@H]3CC[C@H](CCCCCC)CC3)CC2)cc1. The predicted molar refractivity (Wildman–Crippen MR) is 153 cm³/mol. The second-order valence-corrected chi connectivity index (χ2v) is 11.9. The van der Waals surface area contributed by atoms with Crippen LogP contribution in [0.4, 0.5) is 0 Å². The average molecular weight is 481 g/mol. The zero-order valence-corrected chi connectivity index (χ0v) is 23.4. The third kappa shape index (κ3) is 11.6. The van der Waals surface area contributed by atoms with Crippen LogP contribution in [0.2, 0.25) is 0 Å². The van der Waals surface area contributed by atoms with Gasteiger partial charge in [-0.2, -0.15) is 0 Å². The van der Waals surface area contributed by atoms with Gasteiger partial charge in [-0.3, -0.25) is 0 Å². The van der Waals surface area contributed by atoms with E-state index in [-0.39, 0.29) is 0 Å². The molecule has 0 bridgehead atoms. The van der Waals surface area contributed by atoms with Crippen LogP contribution >= 0.6 is 0 Å². The second-order valence-electron chi connectivity index (χ2n) is 11.9. The normalized spacial score (nSPS) is 22.7. The van der Waals surface area contributed by atoms with Crippen molar-refractivity contribution in [1.29, 1.82) is 0 Å². The van der Waals surface area contributed by atoms with Gasteiger partial charge in [0.25, 0.3) is 0 Å². The van der Waals surface area contributed by atoms with Crippen LogP contribution in [0.5, 0.6) is 5.75 Å². The molecule has 0 N–H and O–H groups in total. The van der Waals surface area contributed by atoms with Gasteiger partial charge in [0.05, 0.1) is 6.61 Å². The van der Waals surface area contributed by atoms with Crippen LogP contribution in [-0.2, 0) is 6.42 Å². The maximum atomic E-state index is 5.90. The van der Waals surface area contributed by atoms with E-state index in [1.54, 1.807) is 5.57 Å². The highest BCUT2D eigenvalue weighted by atomic mass is 16.5. The number of allylic oxidation sites excluding steroid dienone is 2. The standard InChI is InChI=1S/C34H56O/c1-3-5-7-9-11-29-12-14-30(15-13-29)16-17-31-18-20-32(21-19-31)22-23-33-24-26-34(27-25-33)35-28-10-8-6-4-2/h20,24-27,29-31H,3-19,21-23,28H2,1-2H3/t29-,30-,31?. The van der Waals surface area contributed by atoms with Crippen LogP contribution in [0.15, 0.2) is 35.9 Å². The highest BCUT2D eigenvalue weighted by molar-refractivity contribution is 5.28. The van der Waals surface area contributed by atoms with E-state index in [0.29, 0.717) is 0 Å². The van der Waals surface area contributed by atoms with Gasteiger partial charge in [0.15, 0.2) is 0 Å². The summed E-state index contributed by atoms with van der Waals surface area (Å²) in [4.78, 5) is 0. The summed E-state index contributed by atoms with van der Waals surface area (Å²) in [5.41, 5.74) is 3.16. The molecule has 35 heavy (non-hydrogen) atoms. The van der Waals surface area contributed by atoms with E-state index in [9.17, 15) is 0 Å². The summed E-state index contributed by atoms with van der Waals surface area (Å²) >= 11 is 0. The van der Waals surface area contributed by atoms with Crippen LogP contribution in [0, 0.1) is 17.8 Å². The van der Waals surface area contributed by atoms with Gasteiger partial charge in [-0.05, 0) is 80.4 Å². The summed E-state index contributed by atoms with van der Waals surface area (Å²) in [6.07, 6.45) is 30.6. The largest absolute Gasteiger partial charge is 0.494 e. The molecule has 0 amide bonds. The summed E-state index contributed by atoms with van der Waals surface area (Å²) in [5.74, 6) is 4.09. The van der Waals surface area contributed by atoms with Crippen molar-refractivity contribution in [3.63, 3.8) is 0 Å². The zero-order valence-electron chi connectivity index (χ0n) is 23.4. The Morgan fingerprint density at radius 1 is 0.657 bits per heavy atom. The molecule has 0 aromatic heterocycles. The molecule has 0 saturated heterocycles. The minimum atomic E-state index is 0.855. The van der Waals surface area contributed by atoms with Crippen molar-refractivity contribution in [2.24, 2.45) is 17.8 Å². The third-order valence-corrected chi connectivity index (χ3v) is 8.95. The summed E-state index contributed by atoms with van der Waals surface area (Å²) in [7, 11) is 0. The van der Waals surface area contributed by atoms with Gasteiger partial charge < -0.3 is 4.74 Å². The molecule has 1 nitrogen and oxygen atoms in total. The lowest BCUT2D eigenvalue weighted by atomic mass is 9.76. The van der Waals surface area contributed by atoms with E-state index in [4.69, 9.17) is 4.74 Å². The first-order chi connectivity index (χ1) is 17.3. The Labute approximate surface area is 218 Å². The Morgan fingerprint density at radius 2 is 1.31 bits per heavy atom. The van der Waals surface area contributed by atoms with Crippen LogP contribution in [0.1, 0.15) is 141 Å². The monoisotopic (exact) mass is 480 g/mol. The van der Waals surface area contributed by atoms with Crippen LogP contribution in [0.25, 0.3) is 0 Å². The molecule has 1 aromatic rings. The van der Waals surface area contributed by atoms with Gasteiger partial charge in [0, 0.05) is 0 Å². The Balaban J connectivity index is 1.24. The summed E-state index contributed by atoms with van der Waals surface area (Å²) in [6.45, 7) is 5.43. The fourth-order valence-electron chi connectivity index (χ4n) is 6.35. The molecule has 3 rings (SSSR count). The molecule has 1 aromatic carbocycles. The molecular formula is C34H56O. The quantitative estimate of drug-likeness (QED) is 0.159. The molecule has 1 saturated carbocycles. The molecule has 0 heterocycles. The Hall–Kier alpha value is -1.24. The minimum absolute atomic E-state index is 0.855.